The normalized spacial score (nSPS) is 9.57. The van der Waals surface area contributed by atoms with E-state index in [4.69, 9.17) is 0 Å². The predicted molar refractivity (Wildman–Crippen MR) is 55.5 cm³/mol. The number of rotatable bonds is 5. The molecule has 2 heteroatoms. The first kappa shape index (κ1) is 13.4. The van der Waals surface area contributed by atoms with E-state index in [-0.39, 0.29) is 12.4 Å². The molecule has 0 saturated heterocycles. The van der Waals surface area contributed by atoms with Crippen LogP contribution >= 0.6 is 0 Å². The average molecular weight is 214 g/mol. The van der Waals surface area contributed by atoms with Crippen LogP contribution in [0, 0.1) is 0 Å². The summed E-state index contributed by atoms with van der Waals surface area (Å²) in [5.74, 6) is 0. The molecule has 0 saturated carbocycles. The Kier molecular flexibility index (Phi) is 7.50. The number of pyridine rings is 1. The van der Waals surface area contributed by atoms with Gasteiger partial charge in [-0.2, -0.15) is 0 Å². The smallest absolute Gasteiger partial charge is 0.171 e. The lowest BCUT2D eigenvalue weighted by Gasteiger charge is -1.97. The fraction of sp³-hybridized carbons (Fsp3) is 0.583. The van der Waals surface area contributed by atoms with Crippen LogP contribution in [-0.2, 0) is 13.0 Å². The van der Waals surface area contributed by atoms with Gasteiger partial charge in [0.25, 0.3) is 0 Å². The second kappa shape index (κ2) is 7.81. The summed E-state index contributed by atoms with van der Waals surface area (Å²) in [7, 11) is 0. The fourth-order valence-electron chi connectivity index (χ4n) is 1.47. The van der Waals surface area contributed by atoms with E-state index in [1.165, 1.54) is 31.4 Å². The molecule has 1 heterocycles. The molecule has 0 bridgehead atoms. The summed E-state index contributed by atoms with van der Waals surface area (Å²) in [5, 5.41) is 0. The molecule has 0 unspecified atom stereocenters. The molecular weight excluding hydrogens is 194 g/mol. The van der Waals surface area contributed by atoms with Crippen molar-refractivity contribution in [1.82, 2.24) is 0 Å². The molecular formula is C12H20ClN. The van der Waals surface area contributed by atoms with Gasteiger partial charge in [-0.1, -0.05) is 20.3 Å². The second-order valence-corrected chi connectivity index (χ2v) is 3.51. The van der Waals surface area contributed by atoms with Gasteiger partial charge < -0.3 is 12.4 Å². The van der Waals surface area contributed by atoms with Crippen LogP contribution in [0.2, 0.25) is 0 Å². The van der Waals surface area contributed by atoms with Crippen LogP contribution < -0.4 is 17.0 Å². The first-order valence-corrected chi connectivity index (χ1v) is 5.34. The summed E-state index contributed by atoms with van der Waals surface area (Å²) < 4.78 is 2.30. The third-order valence-electron chi connectivity index (χ3n) is 2.35. The van der Waals surface area contributed by atoms with Crippen LogP contribution in [0.15, 0.2) is 24.5 Å². The van der Waals surface area contributed by atoms with Crippen molar-refractivity contribution in [1.29, 1.82) is 0 Å². The molecule has 0 atom stereocenters. The lowest BCUT2D eigenvalue weighted by Crippen LogP contribution is -3.00. The van der Waals surface area contributed by atoms with Gasteiger partial charge >= 0.3 is 0 Å². The Balaban J connectivity index is 0.00000169. The van der Waals surface area contributed by atoms with Crippen molar-refractivity contribution in [2.24, 2.45) is 0 Å². The maximum atomic E-state index is 2.30. The van der Waals surface area contributed by atoms with Gasteiger partial charge in [-0.15, -0.1) is 0 Å². The van der Waals surface area contributed by atoms with Crippen LogP contribution in [0.5, 0.6) is 0 Å². The van der Waals surface area contributed by atoms with Crippen LogP contribution in [-0.4, -0.2) is 0 Å². The summed E-state index contributed by atoms with van der Waals surface area (Å²) in [6.07, 6.45) is 9.49. The number of hydrogen-bond donors (Lipinski definition) is 0. The van der Waals surface area contributed by atoms with Crippen molar-refractivity contribution in [3.8, 4) is 0 Å². The van der Waals surface area contributed by atoms with E-state index in [1.807, 2.05) is 0 Å². The number of aryl methyl sites for hydroxylation is 2. The molecule has 0 N–H and O–H groups in total. The summed E-state index contributed by atoms with van der Waals surface area (Å²) in [4.78, 5) is 0. The maximum Gasteiger partial charge on any atom is 0.171 e. The van der Waals surface area contributed by atoms with E-state index in [2.05, 4.69) is 42.9 Å². The van der Waals surface area contributed by atoms with Gasteiger partial charge in [0.15, 0.2) is 12.4 Å². The average Bonchev–Trinajstić information content (AvgIpc) is 2.19. The number of unbranched alkanes of at least 4 members (excludes halogenated alkanes) is 2. The number of nitrogens with zero attached hydrogens (tertiary/aromatic N) is 1. The Labute approximate surface area is 93.6 Å². The van der Waals surface area contributed by atoms with Crippen LogP contribution in [0.25, 0.3) is 0 Å². The molecule has 0 aromatic carbocycles. The Morgan fingerprint density at radius 2 is 2.00 bits per heavy atom. The molecule has 0 aliphatic carbocycles. The number of hydrogen-bond acceptors (Lipinski definition) is 0. The molecule has 1 aromatic heterocycles. The lowest BCUT2D eigenvalue weighted by atomic mass is 10.2. The highest BCUT2D eigenvalue weighted by Crippen LogP contribution is 1.97. The largest absolute Gasteiger partial charge is 1.00 e. The molecule has 0 fully saturated rings. The Morgan fingerprint density at radius 3 is 2.64 bits per heavy atom. The number of halogens is 1. The van der Waals surface area contributed by atoms with Gasteiger partial charge in [0, 0.05) is 18.1 Å². The van der Waals surface area contributed by atoms with Crippen LogP contribution in [0.1, 0.15) is 38.7 Å². The summed E-state index contributed by atoms with van der Waals surface area (Å²) in [6.45, 7) is 5.61. The minimum atomic E-state index is 0. The molecule has 80 valence electrons. The molecule has 0 spiro atoms. The van der Waals surface area contributed by atoms with Crippen molar-refractivity contribution in [2.75, 3.05) is 0 Å². The highest BCUT2D eigenvalue weighted by Gasteiger charge is 1.99. The topological polar surface area (TPSA) is 3.88 Å². The third-order valence-corrected chi connectivity index (χ3v) is 2.35. The summed E-state index contributed by atoms with van der Waals surface area (Å²) in [6, 6.07) is 4.33. The first-order chi connectivity index (χ1) is 6.36. The Hall–Kier alpha value is -0.560. The second-order valence-electron chi connectivity index (χ2n) is 3.51. The molecule has 1 aromatic rings. The van der Waals surface area contributed by atoms with E-state index >= 15 is 0 Å². The van der Waals surface area contributed by atoms with Gasteiger partial charge in [-0.25, -0.2) is 4.57 Å². The van der Waals surface area contributed by atoms with Crippen LogP contribution in [0.4, 0.5) is 0 Å². The predicted octanol–water partition coefficient (Wildman–Crippen LogP) is -0.269. The lowest BCUT2D eigenvalue weighted by molar-refractivity contribution is -0.697. The molecule has 0 radical (unpaired) electrons. The van der Waals surface area contributed by atoms with Crippen molar-refractivity contribution in [3.05, 3.63) is 30.1 Å². The monoisotopic (exact) mass is 213 g/mol. The van der Waals surface area contributed by atoms with Crippen molar-refractivity contribution < 1.29 is 17.0 Å². The van der Waals surface area contributed by atoms with Gasteiger partial charge in [0.1, 0.15) is 6.54 Å². The first-order valence-electron chi connectivity index (χ1n) is 5.34. The zero-order valence-electron chi connectivity index (χ0n) is 9.17. The minimum Gasteiger partial charge on any atom is -1.00 e. The van der Waals surface area contributed by atoms with E-state index < -0.39 is 0 Å². The van der Waals surface area contributed by atoms with Crippen molar-refractivity contribution in [2.45, 2.75) is 46.1 Å². The highest BCUT2D eigenvalue weighted by molar-refractivity contribution is 5.04. The van der Waals surface area contributed by atoms with Gasteiger partial charge in [0.2, 0.25) is 0 Å². The minimum absolute atomic E-state index is 0. The maximum absolute atomic E-state index is 2.30. The quantitative estimate of drug-likeness (QED) is 0.469. The molecule has 0 aliphatic rings. The summed E-state index contributed by atoms with van der Waals surface area (Å²) in [5.41, 5.74) is 1.43. The van der Waals surface area contributed by atoms with E-state index in [0.717, 1.165) is 6.42 Å². The van der Waals surface area contributed by atoms with E-state index in [0.29, 0.717) is 0 Å². The van der Waals surface area contributed by atoms with Crippen molar-refractivity contribution in [3.63, 3.8) is 0 Å². The Morgan fingerprint density at radius 1 is 1.21 bits per heavy atom. The van der Waals surface area contributed by atoms with Gasteiger partial charge in [-0.3, -0.25) is 0 Å². The zero-order chi connectivity index (χ0) is 9.52. The van der Waals surface area contributed by atoms with Crippen LogP contribution in [0.3, 0.4) is 0 Å². The molecule has 0 aliphatic heterocycles. The number of aromatic nitrogens is 1. The SMILES string of the molecule is CCCCC[n+]1cccc(CC)c1.[Cl-]. The van der Waals surface area contributed by atoms with E-state index in [1.54, 1.807) is 0 Å². The van der Waals surface area contributed by atoms with Crippen molar-refractivity contribution >= 4 is 0 Å². The third kappa shape index (κ3) is 4.61. The summed E-state index contributed by atoms with van der Waals surface area (Å²) >= 11 is 0. The van der Waals surface area contributed by atoms with E-state index in [9.17, 15) is 0 Å². The van der Waals surface area contributed by atoms with Gasteiger partial charge in [0.05, 0.1) is 0 Å². The molecule has 0 amide bonds. The molecule has 14 heavy (non-hydrogen) atoms. The highest BCUT2D eigenvalue weighted by atomic mass is 35.5. The standard InChI is InChI=1S/C12H20N.ClH/c1-3-5-6-9-13-10-7-8-12(4-2)11-13;/h7-8,10-11H,3-6,9H2,1-2H3;1H/q+1;/p-1. The molecule has 1 nitrogen and oxygen atoms in total. The van der Waals surface area contributed by atoms with Gasteiger partial charge in [-0.05, 0) is 18.9 Å². The Bertz CT molecular complexity index is 248. The fourth-order valence-corrected chi connectivity index (χ4v) is 1.47. The molecule has 1 rings (SSSR count). The zero-order valence-corrected chi connectivity index (χ0v) is 9.93.